The number of benzene rings is 1. The molecule has 3 rings (SSSR count). The zero-order valence-corrected chi connectivity index (χ0v) is 13.0. The molecule has 1 aromatic carbocycles. The third-order valence-electron chi connectivity index (χ3n) is 3.53. The molecule has 1 amide bonds. The van der Waals surface area contributed by atoms with Gasteiger partial charge in [0.2, 0.25) is 5.91 Å². The number of aromatic amines is 1. The fourth-order valence-corrected chi connectivity index (χ4v) is 4.31. The van der Waals surface area contributed by atoms with Crippen molar-refractivity contribution in [2.24, 2.45) is 0 Å². The molecule has 0 spiro atoms. The molecule has 0 bridgehead atoms. The number of nitrogens with zero attached hydrogens (tertiary/aromatic N) is 1. The van der Waals surface area contributed by atoms with Gasteiger partial charge in [-0.05, 0) is 24.6 Å². The number of carbonyl (C=O) groups excluding carboxylic acids is 1. The summed E-state index contributed by atoms with van der Waals surface area (Å²) in [5.74, 6) is -0.0402. The van der Waals surface area contributed by atoms with E-state index in [9.17, 15) is 13.2 Å². The summed E-state index contributed by atoms with van der Waals surface area (Å²) < 4.78 is 25.7. The van der Waals surface area contributed by atoms with Gasteiger partial charge in [0.25, 0.3) is 0 Å². The molecule has 7 nitrogen and oxygen atoms in total. The molecule has 1 aliphatic rings. The summed E-state index contributed by atoms with van der Waals surface area (Å²) >= 11 is 0. The van der Waals surface area contributed by atoms with E-state index in [1.54, 1.807) is 18.2 Å². The molecule has 22 heavy (non-hydrogen) atoms. The molecule has 3 N–H and O–H groups in total. The number of anilines is 1. The standard InChI is InChI=1S/C14H16N4O3S/c1-8-4-3-5-10(6-8)22(20,21)14-12-11(7-15-14)17-18-13(12)16-9(2)19/h3-6,14-15H,7H2,1-2H3,(H2,16,17,18,19). The number of aromatic nitrogens is 2. The molecule has 0 aliphatic carbocycles. The first-order valence-corrected chi connectivity index (χ1v) is 8.33. The van der Waals surface area contributed by atoms with Gasteiger partial charge in [-0.1, -0.05) is 12.1 Å². The molecule has 0 saturated heterocycles. The molecule has 0 saturated carbocycles. The number of carbonyl (C=O) groups is 1. The lowest BCUT2D eigenvalue weighted by atomic mass is 10.2. The number of sulfone groups is 1. The second-order valence-electron chi connectivity index (χ2n) is 5.27. The van der Waals surface area contributed by atoms with E-state index in [-0.39, 0.29) is 16.6 Å². The van der Waals surface area contributed by atoms with Crippen LogP contribution in [-0.4, -0.2) is 24.5 Å². The number of nitrogens with one attached hydrogen (secondary N) is 3. The van der Waals surface area contributed by atoms with E-state index in [2.05, 4.69) is 20.8 Å². The van der Waals surface area contributed by atoms with E-state index >= 15 is 0 Å². The average molecular weight is 320 g/mol. The predicted molar refractivity (Wildman–Crippen MR) is 80.8 cm³/mol. The maximum absolute atomic E-state index is 12.9. The first-order chi connectivity index (χ1) is 10.4. The SMILES string of the molecule is CC(=O)Nc1n[nH]c2c1C(S(=O)(=O)c1cccc(C)c1)NC2. The molecular weight excluding hydrogens is 304 g/mol. The van der Waals surface area contributed by atoms with Crippen LogP contribution >= 0.6 is 0 Å². The van der Waals surface area contributed by atoms with Crippen molar-refractivity contribution in [3.05, 3.63) is 41.1 Å². The predicted octanol–water partition coefficient (Wildman–Crippen LogP) is 1.25. The summed E-state index contributed by atoms with van der Waals surface area (Å²) in [5, 5.41) is 11.4. The molecule has 1 aliphatic heterocycles. The molecule has 2 heterocycles. The second kappa shape index (κ2) is 5.22. The molecule has 0 radical (unpaired) electrons. The molecular formula is C14H16N4O3S. The Hall–Kier alpha value is -2.19. The van der Waals surface area contributed by atoms with E-state index in [4.69, 9.17) is 0 Å². The van der Waals surface area contributed by atoms with Gasteiger partial charge in [-0.15, -0.1) is 0 Å². The van der Waals surface area contributed by atoms with Crippen LogP contribution in [0, 0.1) is 6.92 Å². The molecule has 1 atom stereocenters. The van der Waals surface area contributed by atoms with Crippen LogP contribution in [0.25, 0.3) is 0 Å². The van der Waals surface area contributed by atoms with Gasteiger partial charge < -0.3 is 5.32 Å². The third kappa shape index (κ3) is 2.40. The van der Waals surface area contributed by atoms with Gasteiger partial charge in [0, 0.05) is 13.5 Å². The Morgan fingerprint density at radius 2 is 2.18 bits per heavy atom. The van der Waals surface area contributed by atoms with Gasteiger partial charge in [-0.25, -0.2) is 8.42 Å². The number of H-pyrrole nitrogens is 1. The van der Waals surface area contributed by atoms with Crippen LogP contribution in [0.1, 0.15) is 29.1 Å². The van der Waals surface area contributed by atoms with Crippen molar-refractivity contribution >= 4 is 21.6 Å². The fourth-order valence-electron chi connectivity index (χ4n) is 2.56. The van der Waals surface area contributed by atoms with Crippen LogP contribution in [0.5, 0.6) is 0 Å². The van der Waals surface area contributed by atoms with Crippen LogP contribution in [0.4, 0.5) is 5.82 Å². The highest BCUT2D eigenvalue weighted by Crippen LogP contribution is 2.37. The summed E-state index contributed by atoms with van der Waals surface area (Å²) in [4.78, 5) is 11.5. The van der Waals surface area contributed by atoms with E-state index in [0.29, 0.717) is 17.8 Å². The van der Waals surface area contributed by atoms with Crippen molar-refractivity contribution in [1.29, 1.82) is 0 Å². The Labute approximate surface area is 128 Å². The molecule has 116 valence electrons. The van der Waals surface area contributed by atoms with Gasteiger partial charge in [0.05, 0.1) is 16.2 Å². The quantitative estimate of drug-likeness (QED) is 0.789. The number of aryl methyl sites for hydroxylation is 1. The Morgan fingerprint density at radius 1 is 1.41 bits per heavy atom. The van der Waals surface area contributed by atoms with E-state index in [0.717, 1.165) is 5.56 Å². The highest BCUT2D eigenvalue weighted by atomic mass is 32.2. The van der Waals surface area contributed by atoms with Gasteiger partial charge in [0.1, 0.15) is 5.37 Å². The maximum atomic E-state index is 12.9. The highest BCUT2D eigenvalue weighted by molar-refractivity contribution is 7.91. The number of amides is 1. The first-order valence-electron chi connectivity index (χ1n) is 6.78. The summed E-state index contributed by atoms with van der Waals surface area (Å²) in [7, 11) is -3.63. The first kappa shape index (κ1) is 14.7. The summed E-state index contributed by atoms with van der Waals surface area (Å²) in [5.41, 5.74) is 2.02. The van der Waals surface area contributed by atoms with Crippen molar-refractivity contribution < 1.29 is 13.2 Å². The van der Waals surface area contributed by atoms with Crippen molar-refractivity contribution in [2.45, 2.75) is 30.7 Å². The Morgan fingerprint density at radius 3 is 2.86 bits per heavy atom. The van der Waals surface area contributed by atoms with Crippen LogP contribution < -0.4 is 10.6 Å². The minimum absolute atomic E-state index is 0.243. The van der Waals surface area contributed by atoms with Crippen molar-refractivity contribution in [3.8, 4) is 0 Å². The smallest absolute Gasteiger partial charge is 0.222 e. The summed E-state index contributed by atoms with van der Waals surface area (Å²) in [6, 6.07) is 6.75. The number of hydrogen-bond acceptors (Lipinski definition) is 5. The van der Waals surface area contributed by atoms with Gasteiger partial charge in [-0.3, -0.25) is 15.2 Å². The minimum atomic E-state index is -3.63. The fraction of sp³-hybridized carbons (Fsp3) is 0.286. The Bertz CT molecular complexity index is 842. The number of rotatable bonds is 3. The maximum Gasteiger partial charge on any atom is 0.222 e. The van der Waals surface area contributed by atoms with E-state index in [1.807, 2.05) is 13.0 Å². The Balaban J connectivity index is 2.05. The molecule has 1 unspecified atom stereocenters. The number of hydrogen-bond donors (Lipinski definition) is 3. The van der Waals surface area contributed by atoms with Crippen molar-refractivity contribution in [1.82, 2.24) is 15.5 Å². The van der Waals surface area contributed by atoms with Crippen LogP contribution in [0.15, 0.2) is 29.2 Å². The molecule has 8 heteroatoms. The average Bonchev–Trinajstić information content (AvgIpc) is 3.01. The third-order valence-corrected chi connectivity index (χ3v) is 5.47. The van der Waals surface area contributed by atoms with E-state index < -0.39 is 15.2 Å². The number of fused-ring (bicyclic) bond motifs is 1. The van der Waals surface area contributed by atoms with Crippen LogP contribution in [-0.2, 0) is 21.2 Å². The van der Waals surface area contributed by atoms with E-state index in [1.165, 1.54) is 6.92 Å². The van der Waals surface area contributed by atoms with Crippen molar-refractivity contribution in [2.75, 3.05) is 5.32 Å². The monoisotopic (exact) mass is 320 g/mol. The zero-order chi connectivity index (χ0) is 15.9. The van der Waals surface area contributed by atoms with Gasteiger partial charge in [-0.2, -0.15) is 5.10 Å². The normalized spacial score (nSPS) is 17.3. The lowest BCUT2D eigenvalue weighted by Gasteiger charge is -2.14. The minimum Gasteiger partial charge on any atom is -0.309 e. The Kier molecular flexibility index (Phi) is 3.50. The summed E-state index contributed by atoms with van der Waals surface area (Å²) in [6.45, 7) is 3.55. The largest absolute Gasteiger partial charge is 0.309 e. The topological polar surface area (TPSA) is 104 Å². The van der Waals surface area contributed by atoms with Crippen LogP contribution in [0.3, 0.4) is 0 Å². The lowest BCUT2D eigenvalue weighted by Crippen LogP contribution is -2.24. The second-order valence-corrected chi connectivity index (χ2v) is 7.30. The molecule has 2 aromatic rings. The van der Waals surface area contributed by atoms with Gasteiger partial charge >= 0.3 is 0 Å². The lowest BCUT2D eigenvalue weighted by molar-refractivity contribution is -0.114. The van der Waals surface area contributed by atoms with Gasteiger partial charge in [0.15, 0.2) is 15.7 Å². The van der Waals surface area contributed by atoms with Crippen molar-refractivity contribution in [3.63, 3.8) is 0 Å². The highest BCUT2D eigenvalue weighted by Gasteiger charge is 2.38. The summed E-state index contributed by atoms with van der Waals surface area (Å²) in [6.07, 6.45) is 0. The zero-order valence-electron chi connectivity index (χ0n) is 12.2. The van der Waals surface area contributed by atoms with Crippen LogP contribution in [0.2, 0.25) is 0 Å². The molecule has 0 fully saturated rings. The molecule has 1 aromatic heterocycles.